The van der Waals surface area contributed by atoms with E-state index in [0.29, 0.717) is 18.1 Å². The molecular weight excluding hydrogens is 293 g/mol. The SMILES string of the molecule is NCc1c(COc2ccc(F)c(Cl)c2)oc2ccccc12. The summed E-state index contributed by atoms with van der Waals surface area (Å²) >= 11 is 5.72. The van der Waals surface area contributed by atoms with Crippen molar-refractivity contribution in [2.45, 2.75) is 13.2 Å². The van der Waals surface area contributed by atoms with E-state index in [1.807, 2.05) is 24.3 Å². The summed E-state index contributed by atoms with van der Waals surface area (Å²) in [6.07, 6.45) is 0. The fourth-order valence-corrected chi connectivity index (χ4v) is 2.38. The lowest BCUT2D eigenvalue weighted by molar-refractivity contribution is 0.272. The summed E-state index contributed by atoms with van der Waals surface area (Å²) < 4.78 is 24.5. The number of halogens is 2. The van der Waals surface area contributed by atoms with Crippen LogP contribution in [0.25, 0.3) is 11.0 Å². The second-order valence-electron chi connectivity index (χ2n) is 4.57. The molecule has 0 bridgehead atoms. The molecule has 0 aliphatic heterocycles. The smallest absolute Gasteiger partial charge is 0.147 e. The second kappa shape index (κ2) is 5.76. The van der Waals surface area contributed by atoms with Gasteiger partial charge in [0.15, 0.2) is 0 Å². The third-order valence-electron chi connectivity index (χ3n) is 3.25. The molecular formula is C16H13ClFNO2. The lowest BCUT2D eigenvalue weighted by atomic mass is 10.1. The molecule has 3 rings (SSSR count). The van der Waals surface area contributed by atoms with Gasteiger partial charge in [-0.15, -0.1) is 0 Å². The highest BCUT2D eigenvalue weighted by Gasteiger charge is 2.13. The van der Waals surface area contributed by atoms with Gasteiger partial charge in [0.2, 0.25) is 0 Å². The number of rotatable bonds is 4. The van der Waals surface area contributed by atoms with E-state index in [1.165, 1.54) is 18.2 Å². The Morgan fingerprint density at radius 2 is 2.00 bits per heavy atom. The first-order valence-corrected chi connectivity index (χ1v) is 6.84. The topological polar surface area (TPSA) is 48.4 Å². The normalized spacial score (nSPS) is 11.0. The summed E-state index contributed by atoms with van der Waals surface area (Å²) in [7, 11) is 0. The highest BCUT2D eigenvalue weighted by molar-refractivity contribution is 6.30. The third-order valence-corrected chi connectivity index (χ3v) is 3.54. The zero-order valence-corrected chi connectivity index (χ0v) is 11.9. The molecule has 0 unspecified atom stereocenters. The molecule has 5 heteroatoms. The fourth-order valence-electron chi connectivity index (χ4n) is 2.21. The first-order chi connectivity index (χ1) is 10.2. The number of fused-ring (bicyclic) bond motifs is 1. The minimum Gasteiger partial charge on any atom is -0.486 e. The number of furan rings is 1. The van der Waals surface area contributed by atoms with Crippen LogP contribution in [0.2, 0.25) is 5.02 Å². The van der Waals surface area contributed by atoms with Gasteiger partial charge in [0.25, 0.3) is 0 Å². The van der Waals surface area contributed by atoms with Crippen molar-refractivity contribution in [2.75, 3.05) is 0 Å². The fraction of sp³-hybridized carbons (Fsp3) is 0.125. The van der Waals surface area contributed by atoms with E-state index in [2.05, 4.69) is 0 Å². The zero-order chi connectivity index (χ0) is 14.8. The third kappa shape index (κ3) is 2.73. The lowest BCUT2D eigenvalue weighted by Gasteiger charge is -2.06. The summed E-state index contributed by atoms with van der Waals surface area (Å²) in [6.45, 7) is 0.572. The Balaban J connectivity index is 1.86. The first kappa shape index (κ1) is 13.9. The summed E-state index contributed by atoms with van der Waals surface area (Å²) in [4.78, 5) is 0. The standard InChI is InChI=1S/C16H13ClFNO2/c17-13-7-10(5-6-14(13)18)20-9-16-12(8-19)11-3-1-2-4-15(11)21-16/h1-7H,8-9,19H2. The average molecular weight is 306 g/mol. The summed E-state index contributed by atoms with van der Waals surface area (Å²) in [5.41, 5.74) is 7.48. The van der Waals surface area contributed by atoms with E-state index in [1.54, 1.807) is 0 Å². The van der Waals surface area contributed by atoms with Gasteiger partial charge in [-0.25, -0.2) is 4.39 Å². The van der Waals surface area contributed by atoms with Gasteiger partial charge in [0.1, 0.15) is 29.5 Å². The van der Waals surface area contributed by atoms with Crippen molar-refractivity contribution in [1.29, 1.82) is 0 Å². The molecule has 2 aromatic carbocycles. The molecule has 0 aliphatic carbocycles. The maximum atomic E-state index is 13.1. The van der Waals surface area contributed by atoms with Crippen LogP contribution in [0.1, 0.15) is 11.3 Å². The van der Waals surface area contributed by atoms with Gasteiger partial charge < -0.3 is 14.9 Å². The van der Waals surface area contributed by atoms with Gasteiger partial charge >= 0.3 is 0 Å². The molecule has 3 aromatic rings. The van der Waals surface area contributed by atoms with Crippen LogP contribution in [-0.4, -0.2) is 0 Å². The van der Waals surface area contributed by atoms with Gasteiger partial charge in [-0.05, 0) is 18.2 Å². The molecule has 108 valence electrons. The van der Waals surface area contributed by atoms with Crippen molar-refractivity contribution >= 4 is 22.6 Å². The Morgan fingerprint density at radius 1 is 1.19 bits per heavy atom. The van der Waals surface area contributed by atoms with Crippen LogP contribution in [0.4, 0.5) is 4.39 Å². The van der Waals surface area contributed by atoms with Gasteiger partial charge in [-0.2, -0.15) is 0 Å². The Hall–Kier alpha value is -2.04. The van der Waals surface area contributed by atoms with Crippen LogP contribution < -0.4 is 10.5 Å². The minimum absolute atomic E-state index is 0.0242. The minimum atomic E-state index is -0.476. The molecule has 3 nitrogen and oxygen atoms in total. The predicted octanol–water partition coefficient (Wildman–Crippen LogP) is 4.26. The monoisotopic (exact) mass is 305 g/mol. The van der Waals surface area contributed by atoms with Crippen LogP contribution >= 0.6 is 11.6 Å². The van der Waals surface area contributed by atoms with Crippen molar-refractivity contribution in [3.8, 4) is 5.75 Å². The summed E-state index contributed by atoms with van der Waals surface area (Å²) in [5, 5.41) is 1.01. The van der Waals surface area contributed by atoms with E-state index < -0.39 is 5.82 Å². The molecule has 0 aliphatic rings. The van der Waals surface area contributed by atoms with Crippen LogP contribution in [0.15, 0.2) is 46.9 Å². The van der Waals surface area contributed by atoms with Crippen LogP contribution in [0.3, 0.4) is 0 Å². The summed E-state index contributed by atoms with van der Waals surface area (Å²) in [5.74, 6) is 0.666. The number of hydrogen-bond acceptors (Lipinski definition) is 3. The van der Waals surface area contributed by atoms with Gasteiger partial charge in [0.05, 0.1) is 5.02 Å². The van der Waals surface area contributed by atoms with Crippen LogP contribution in [0, 0.1) is 5.82 Å². The highest BCUT2D eigenvalue weighted by atomic mass is 35.5. The number of hydrogen-bond donors (Lipinski definition) is 1. The molecule has 0 radical (unpaired) electrons. The van der Waals surface area contributed by atoms with Crippen LogP contribution in [0.5, 0.6) is 5.75 Å². The van der Waals surface area contributed by atoms with Crippen molar-refractivity contribution in [3.05, 3.63) is 64.6 Å². The largest absolute Gasteiger partial charge is 0.486 e. The van der Waals surface area contributed by atoms with Crippen molar-refractivity contribution in [3.63, 3.8) is 0 Å². The first-order valence-electron chi connectivity index (χ1n) is 6.46. The molecule has 0 spiro atoms. The van der Waals surface area contributed by atoms with Crippen molar-refractivity contribution < 1.29 is 13.5 Å². The highest BCUT2D eigenvalue weighted by Crippen LogP contribution is 2.27. The van der Waals surface area contributed by atoms with Gasteiger partial charge in [-0.1, -0.05) is 29.8 Å². The van der Waals surface area contributed by atoms with Gasteiger partial charge in [0, 0.05) is 23.6 Å². The molecule has 2 N–H and O–H groups in total. The van der Waals surface area contributed by atoms with E-state index in [-0.39, 0.29) is 11.6 Å². The predicted molar refractivity (Wildman–Crippen MR) is 79.8 cm³/mol. The summed E-state index contributed by atoms with van der Waals surface area (Å²) in [6, 6.07) is 11.9. The molecule has 1 heterocycles. The molecule has 0 saturated carbocycles. The quantitative estimate of drug-likeness (QED) is 0.783. The Kier molecular flexibility index (Phi) is 3.82. The maximum Gasteiger partial charge on any atom is 0.147 e. The molecule has 0 fully saturated rings. The van der Waals surface area contributed by atoms with Crippen molar-refractivity contribution in [1.82, 2.24) is 0 Å². The zero-order valence-electron chi connectivity index (χ0n) is 11.1. The van der Waals surface area contributed by atoms with E-state index in [9.17, 15) is 4.39 Å². The van der Waals surface area contributed by atoms with E-state index in [0.717, 1.165) is 16.5 Å². The molecule has 0 saturated heterocycles. The second-order valence-corrected chi connectivity index (χ2v) is 4.98. The van der Waals surface area contributed by atoms with E-state index in [4.69, 9.17) is 26.5 Å². The Labute approximate surface area is 126 Å². The molecule has 0 amide bonds. The lowest BCUT2D eigenvalue weighted by Crippen LogP contribution is -2.02. The Bertz CT molecular complexity index is 785. The van der Waals surface area contributed by atoms with Crippen molar-refractivity contribution in [2.24, 2.45) is 5.73 Å². The maximum absolute atomic E-state index is 13.1. The van der Waals surface area contributed by atoms with E-state index >= 15 is 0 Å². The van der Waals surface area contributed by atoms with Crippen LogP contribution in [-0.2, 0) is 13.2 Å². The number of para-hydroxylation sites is 1. The molecule has 21 heavy (non-hydrogen) atoms. The van der Waals surface area contributed by atoms with Gasteiger partial charge in [-0.3, -0.25) is 0 Å². The molecule has 1 aromatic heterocycles. The number of benzene rings is 2. The number of ether oxygens (including phenoxy) is 1. The Morgan fingerprint density at radius 3 is 2.76 bits per heavy atom. The average Bonchev–Trinajstić information content (AvgIpc) is 2.86. The number of nitrogens with two attached hydrogens (primary N) is 1. The molecule has 0 atom stereocenters.